The third kappa shape index (κ3) is 3.08. The second kappa shape index (κ2) is 6.33. The van der Waals surface area contributed by atoms with Gasteiger partial charge in [0.25, 0.3) is 11.8 Å². The molecular weight excluding hydrogens is 330 g/mol. The predicted octanol–water partition coefficient (Wildman–Crippen LogP) is 3.33. The van der Waals surface area contributed by atoms with Crippen molar-refractivity contribution < 1.29 is 10.6 Å². The second-order valence-electron chi connectivity index (χ2n) is 6.69. The van der Waals surface area contributed by atoms with Gasteiger partial charge in [-0.2, -0.15) is 0 Å². The number of carbonyl (C=O) groups excluding carboxylic acids is 1. The molecule has 134 valence electrons. The Labute approximate surface area is 152 Å². The minimum Gasteiger partial charge on any atom is -0.419 e. The molecule has 0 atom stereocenters. The molecule has 1 aromatic carbocycles. The minimum absolute atomic E-state index is 0. The number of nitrogens with zero attached hydrogens (tertiary/aromatic N) is 5. The number of benzene rings is 1. The second-order valence-corrected chi connectivity index (χ2v) is 6.69. The van der Waals surface area contributed by atoms with Crippen molar-refractivity contribution in [1.82, 2.24) is 25.1 Å². The van der Waals surface area contributed by atoms with E-state index in [0.29, 0.717) is 34.7 Å². The summed E-state index contributed by atoms with van der Waals surface area (Å²) in [6.07, 6.45) is 3.91. The van der Waals surface area contributed by atoms with Gasteiger partial charge in [-0.15, -0.1) is 10.2 Å². The fourth-order valence-corrected chi connectivity index (χ4v) is 2.66. The van der Waals surface area contributed by atoms with Crippen LogP contribution in [0.15, 0.2) is 34.9 Å². The van der Waals surface area contributed by atoms with Crippen LogP contribution in [-0.2, 0) is 0 Å². The van der Waals surface area contributed by atoms with E-state index in [1.807, 2.05) is 19.1 Å². The van der Waals surface area contributed by atoms with Crippen molar-refractivity contribution >= 4 is 5.91 Å². The third-order valence-corrected chi connectivity index (χ3v) is 4.36. The van der Waals surface area contributed by atoms with Gasteiger partial charge < -0.3 is 9.32 Å². The van der Waals surface area contributed by atoms with E-state index in [4.69, 9.17) is 4.42 Å². The summed E-state index contributed by atoms with van der Waals surface area (Å²) >= 11 is 0. The maximum atomic E-state index is 12.0. The molecule has 7 nitrogen and oxygen atoms in total. The van der Waals surface area contributed by atoms with Gasteiger partial charge in [-0.25, -0.2) is 4.98 Å². The van der Waals surface area contributed by atoms with E-state index in [9.17, 15) is 4.79 Å². The molecule has 0 spiro atoms. The van der Waals surface area contributed by atoms with Crippen LogP contribution in [0.4, 0.5) is 0 Å². The van der Waals surface area contributed by atoms with Crippen molar-refractivity contribution in [1.29, 1.82) is 0 Å². The van der Waals surface area contributed by atoms with Gasteiger partial charge in [0, 0.05) is 32.6 Å². The summed E-state index contributed by atoms with van der Waals surface area (Å²) in [6.45, 7) is 1.87. The van der Waals surface area contributed by atoms with E-state index in [0.717, 1.165) is 24.1 Å². The first-order valence-electron chi connectivity index (χ1n) is 8.52. The molecule has 1 aliphatic rings. The number of carbonyl (C=O) groups is 1. The number of amides is 1. The highest BCUT2D eigenvalue weighted by Gasteiger charge is 2.30. The zero-order valence-corrected chi connectivity index (χ0v) is 14.9. The average Bonchev–Trinajstić information content (AvgIpc) is 3.39. The van der Waals surface area contributed by atoms with Gasteiger partial charge in [0.2, 0.25) is 5.89 Å². The summed E-state index contributed by atoms with van der Waals surface area (Å²) in [7, 11) is 3.46. The molecule has 0 N–H and O–H groups in total. The first-order valence-corrected chi connectivity index (χ1v) is 8.52. The fourth-order valence-electron chi connectivity index (χ4n) is 2.66. The average molecular weight is 351 g/mol. The summed E-state index contributed by atoms with van der Waals surface area (Å²) in [4.78, 5) is 22.6. The summed E-state index contributed by atoms with van der Waals surface area (Å²) < 4.78 is 5.77. The Morgan fingerprint density at radius 3 is 2.58 bits per heavy atom. The standard InChI is InChI=1S/C19H19N5O2.H2/c1-11-16(18-23-22-17(26-18)13-6-7-13)21-15(10-20-11)12-4-8-14(9-5-12)19(25)24(2)3;/h4-5,8-10,13H,6-7H2,1-3H3;1H. The molecular formula is C19H21N5O2. The molecule has 3 aromatic rings. The Hall–Kier alpha value is -3.09. The predicted molar refractivity (Wildman–Crippen MR) is 97.6 cm³/mol. The Morgan fingerprint density at radius 1 is 1.19 bits per heavy atom. The summed E-state index contributed by atoms with van der Waals surface area (Å²) in [5, 5.41) is 8.25. The Balaban J connectivity index is 0.00000210. The van der Waals surface area contributed by atoms with Crippen LogP contribution < -0.4 is 0 Å². The first kappa shape index (κ1) is 16.4. The Kier molecular flexibility index (Phi) is 3.99. The molecule has 0 bridgehead atoms. The molecule has 2 heterocycles. The Morgan fingerprint density at radius 2 is 1.92 bits per heavy atom. The van der Waals surface area contributed by atoms with Gasteiger partial charge in [-0.1, -0.05) is 12.1 Å². The third-order valence-electron chi connectivity index (χ3n) is 4.36. The lowest BCUT2D eigenvalue weighted by atomic mass is 10.1. The molecule has 1 fully saturated rings. The largest absolute Gasteiger partial charge is 0.419 e. The van der Waals surface area contributed by atoms with E-state index < -0.39 is 0 Å². The van der Waals surface area contributed by atoms with Crippen LogP contribution in [0.25, 0.3) is 22.8 Å². The number of aryl methyl sites for hydroxylation is 1. The number of aromatic nitrogens is 4. The van der Waals surface area contributed by atoms with Crippen LogP contribution in [0.3, 0.4) is 0 Å². The van der Waals surface area contributed by atoms with E-state index >= 15 is 0 Å². The van der Waals surface area contributed by atoms with E-state index in [1.54, 1.807) is 37.3 Å². The number of rotatable bonds is 4. The van der Waals surface area contributed by atoms with Gasteiger partial charge in [0.05, 0.1) is 17.6 Å². The Bertz CT molecular complexity index is 964. The van der Waals surface area contributed by atoms with Crippen molar-refractivity contribution in [3.63, 3.8) is 0 Å². The molecule has 26 heavy (non-hydrogen) atoms. The molecule has 1 aliphatic carbocycles. The topological polar surface area (TPSA) is 85.0 Å². The number of hydrogen-bond donors (Lipinski definition) is 0. The van der Waals surface area contributed by atoms with Crippen LogP contribution in [0.5, 0.6) is 0 Å². The summed E-state index contributed by atoms with van der Waals surface area (Å²) in [6, 6.07) is 7.31. The molecule has 0 aliphatic heterocycles. The minimum atomic E-state index is -0.0364. The monoisotopic (exact) mass is 351 g/mol. The molecule has 4 rings (SSSR count). The molecule has 0 saturated heterocycles. The molecule has 2 aromatic heterocycles. The number of hydrogen-bond acceptors (Lipinski definition) is 6. The van der Waals surface area contributed by atoms with Crippen LogP contribution in [0.2, 0.25) is 0 Å². The van der Waals surface area contributed by atoms with Gasteiger partial charge in [0.15, 0.2) is 0 Å². The lowest BCUT2D eigenvalue weighted by molar-refractivity contribution is 0.0827. The molecule has 7 heteroatoms. The highest BCUT2D eigenvalue weighted by Crippen LogP contribution is 2.40. The SMILES string of the molecule is Cc1ncc(-c2ccc(C(=O)N(C)C)cc2)nc1-c1nnc(C2CC2)o1.[HH]. The van der Waals surface area contributed by atoms with Crippen molar-refractivity contribution in [2.24, 2.45) is 0 Å². The van der Waals surface area contributed by atoms with Gasteiger partial charge in [0.1, 0.15) is 5.69 Å². The highest BCUT2D eigenvalue weighted by molar-refractivity contribution is 5.94. The van der Waals surface area contributed by atoms with Crippen molar-refractivity contribution in [3.8, 4) is 22.8 Å². The molecule has 1 amide bonds. The lowest BCUT2D eigenvalue weighted by Gasteiger charge is -2.10. The van der Waals surface area contributed by atoms with Crippen LogP contribution in [0, 0.1) is 6.92 Å². The quantitative estimate of drug-likeness (QED) is 0.717. The van der Waals surface area contributed by atoms with Crippen molar-refractivity contribution in [2.45, 2.75) is 25.7 Å². The van der Waals surface area contributed by atoms with E-state index in [-0.39, 0.29) is 7.33 Å². The van der Waals surface area contributed by atoms with Gasteiger partial charge in [-0.3, -0.25) is 9.78 Å². The van der Waals surface area contributed by atoms with Crippen LogP contribution >= 0.6 is 0 Å². The smallest absolute Gasteiger partial charge is 0.268 e. The van der Waals surface area contributed by atoms with E-state index in [2.05, 4.69) is 20.2 Å². The highest BCUT2D eigenvalue weighted by atomic mass is 16.4. The van der Waals surface area contributed by atoms with Crippen LogP contribution in [-0.4, -0.2) is 45.1 Å². The van der Waals surface area contributed by atoms with Gasteiger partial charge >= 0.3 is 0 Å². The summed E-state index contributed by atoms with van der Waals surface area (Å²) in [5.74, 6) is 1.44. The zero-order valence-electron chi connectivity index (χ0n) is 14.9. The maximum Gasteiger partial charge on any atom is 0.268 e. The zero-order chi connectivity index (χ0) is 18.3. The normalized spacial score (nSPS) is 13.7. The molecule has 0 unspecified atom stereocenters. The van der Waals surface area contributed by atoms with Crippen LogP contribution in [0.1, 0.15) is 42.1 Å². The van der Waals surface area contributed by atoms with Crippen molar-refractivity contribution in [3.05, 3.63) is 47.6 Å². The first-order chi connectivity index (χ1) is 12.5. The summed E-state index contributed by atoms with van der Waals surface area (Å²) in [5.41, 5.74) is 3.52. The molecule has 0 radical (unpaired) electrons. The van der Waals surface area contributed by atoms with Gasteiger partial charge in [-0.05, 0) is 31.9 Å². The maximum absolute atomic E-state index is 12.0. The van der Waals surface area contributed by atoms with E-state index in [1.165, 1.54) is 0 Å². The molecule has 1 saturated carbocycles. The fraction of sp³-hybridized carbons (Fsp3) is 0.316. The van der Waals surface area contributed by atoms with Crippen molar-refractivity contribution in [2.75, 3.05) is 14.1 Å². The lowest BCUT2D eigenvalue weighted by Crippen LogP contribution is -2.21.